The third-order valence-corrected chi connectivity index (χ3v) is 2.20. The molecule has 0 saturated heterocycles. The number of ether oxygens (including phenoxy) is 1. The van der Waals surface area contributed by atoms with Crippen molar-refractivity contribution in [1.82, 2.24) is 10.1 Å². The summed E-state index contributed by atoms with van der Waals surface area (Å²) in [6.07, 6.45) is 5.43. The Morgan fingerprint density at radius 3 is 2.88 bits per heavy atom. The number of hydrogen-bond acceptors (Lipinski definition) is 5. The minimum absolute atomic E-state index is 0.0650. The van der Waals surface area contributed by atoms with E-state index < -0.39 is 0 Å². The Balaban J connectivity index is 2.18. The van der Waals surface area contributed by atoms with Crippen LogP contribution in [0.3, 0.4) is 0 Å². The third-order valence-electron chi connectivity index (χ3n) is 2.20. The second-order valence-electron chi connectivity index (χ2n) is 3.96. The van der Waals surface area contributed by atoms with Gasteiger partial charge in [-0.05, 0) is 19.9 Å². The predicted molar refractivity (Wildman–Crippen MR) is 59.4 cm³/mol. The van der Waals surface area contributed by atoms with Crippen molar-refractivity contribution in [3.8, 4) is 0 Å². The lowest BCUT2D eigenvalue weighted by Gasteiger charge is -2.22. The first kappa shape index (κ1) is 11.0. The first-order valence-corrected chi connectivity index (χ1v) is 5.32. The predicted octanol–water partition coefficient (Wildman–Crippen LogP) is 1.85. The van der Waals surface area contributed by atoms with E-state index >= 15 is 0 Å². The van der Waals surface area contributed by atoms with Crippen LogP contribution in [-0.4, -0.2) is 28.7 Å². The van der Waals surface area contributed by atoms with Crippen LogP contribution in [0.5, 0.6) is 0 Å². The third kappa shape index (κ3) is 2.36. The lowest BCUT2D eigenvalue weighted by Crippen LogP contribution is -2.25. The Kier molecular flexibility index (Phi) is 3.14. The molecule has 1 aromatic rings. The van der Waals surface area contributed by atoms with Crippen molar-refractivity contribution < 1.29 is 9.26 Å². The van der Waals surface area contributed by atoms with Crippen LogP contribution in [-0.2, 0) is 4.74 Å². The summed E-state index contributed by atoms with van der Waals surface area (Å²) in [5, 5.41) is 3.91. The van der Waals surface area contributed by atoms with E-state index in [4.69, 9.17) is 9.26 Å². The molecule has 2 heterocycles. The fraction of sp³-hybridized carbons (Fsp3) is 0.545. The van der Waals surface area contributed by atoms with Gasteiger partial charge in [-0.3, -0.25) is 4.99 Å². The molecule has 2 unspecified atom stereocenters. The van der Waals surface area contributed by atoms with Gasteiger partial charge in [0.05, 0.1) is 12.0 Å². The molecular weight excluding hydrogens is 206 g/mol. The molecule has 86 valence electrons. The number of nitrogens with zero attached hydrogens (tertiary/aromatic N) is 3. The number of allylic oxidation sites excluding steroid dienone is 1. The highest BCUT2D eigenvalue weighted by Crippen LogP contribution is 2.25. The summed E-state index contributed by atoms with van der Waals surface area (Å²) in [6.45, 7) is 5.73. The first-order valence-electron chi connectivity index (χ1n) is 5.32. The maximum absolute atomic E-state index is 5.70. The Morgan fingerprint density at radius 1 is 1.44 bits per heavy atom. The molecule has 16 heavy (non-hydrogen) atoms. The van der Waals surface area contributed by atoms with Gasteiger partial charge >= 0.3 is 0 Å². The van der Waals surface area contributed by atoms with E-state index in [2.05, 4.69) is 15.1 Å². The largest absolute Gasteiger partial charge is 0.353 e. The molecule has 5 heteroatoms. The van der Waals surface area contributed by atoms with E-state index in [1.165, 1.54) is 0 Å². The van der Waals surface area contributed by atoms with E-state index in [-0.39, 0.29) is 18.2 Å². The summed E-state index contributed by atoms with van der Waals surface area (Å²) < 4.78 is 10.7. The fourth-order valence-corrected chi connectivity index (χ4v) is 1.55. The van der Waals surface area contributed by atoms with Crippen LogP contribution in [0.1, 0.15) is 31.5 Å². The number of aryl methyl sites for hydroxylation is 1. The molecule has 0 fully saturated rings. The van der Waals surface area contributed by atoms with Crippen LogP contribution < -0.4 is 0 Å². The van der Waals surface area contributed by atoms with Crippen LogP contribution in [0.25, 0.3) is 0 Å². The topological polar surface area (TPSA) is 60.5 Å². The summed E-state index contributed by atoms with van der Waals surface area (Å²) in [7, 11) is 0. The quantitative estimate of drug-likeness (QED) is 0.781. The molecule has 0 amide bonds. The molecule has 0 aromatic carbocycles. The number of dihydropyridines is 1. The van der Waals surface area contributed by atoms with Crippen LogP contribution in [0.4, 0.5) is 0 Å². The molecule has 0 spiro atoms. The van der Waals surface area contributed by atoms with Gasteiger partial charge < -0.3 is 9.26 Å². The Morgan fingerprint density at radius 2 is 2.25 bits per heavy atom. The highest BCUT2D eigenvalue weighted by Gasteiger charge is 2.27. The van der Waals surface area contributed by atoms with Gasteiger partial charge in [-0.2, -0.15) is 4.98 Å². The molecule has 1 aliphatic heterocycles. The maximum Gasteiger partial charge on any atom is 0.223 e. The smallest absolute Gasteiger partial charge is 0.223 e. The zero-order valence-electron chi connectivity index (χ0n) is 9.62. The van der Waals surface area contributed by atoms with E-state index in [9.17, 15) is 0 Å². The molecule has 0 saturated carbocycles. The monoisotopic (exact) mass is 221 g/mol. The fourth-order valence-electron chi connectivity index (χ4n) is 1.55. The average Bonchev–Trinajstić information content (AvgIpc) is 2.65. The maximum atomic E-state index is 5.70. The van der Waals surface area contributed by atoms with Crippen LogP contribution >= 0.6 is 0 Å². The van der Waals surface area contributed by atoms with Gasteiger partial charge in [0.15, 0.2) is 12.1 Å². The molecule has 0 radical (unpaired) electrons. The summed E-state index contributed by atoms with van der Waals surface area (Å²) >= 11 is 0. The summed E-state index contributed by atoms with van der Waals surface area (Å²) in [5.74, 6) is 1.11. The van der Waals surface area contributed by atoms with Crippen molar-refractivity contribution in [3.05, 3.63) is 23.9 Å². The van der Waals surface area contributed by atoms with E-state index in [0.717, 1.165) is 0 Å². The number of aliphatic imine (C=N–C) groups is 1. The molecule has 0 N–H and O–H groups in total. The zero-order chi connectivity index (χ0) is 11.5. The van der Waals surface area contributed by atoms with Gasteiger partial charge in [0.1, 0.15) is 0 Å². The van der Waals surface area contributed by atoms with Crippen molar-refractivity contribution in [2.45, 2.75) is 39.0 Å². The molecule has 1 aromatic heterocycles. The highest BCUT2D eigenvalue weighted by molar-refractivity contribution is 5.72. The zero-order valence-corrected chi connectivity index (χ0v) is 9.62. The lowest BCUT2D eigenvalue weighted by atomic mass is 10.0. The van der Waals surface area contributed by atoms with Crippen molar-refractivity contribution >= 4 is 6.21 Å². The Bertz CT molecular complexity index is 409. The molecule has 1 aliphatic rings. The minimum Gasteiger partial charge on any atom is -0.353 e. The van der Waals surface area contributed by atoms with Gasteiger partial charge in [-0.1, -0.05) is 11.2 Å². The van der Waals surface area contributed by atoms with Crippen molar-refractivity contribution in [2.75, 3.05) is 0 Å². The van der Waals surface area contributed by atoms with Gasteiger partial charge in [0.2, 0.25) is 5.89 Å². The van der Waals surface area contributed by atoms with Crippen LogP contribution in [0, 0.1) is 6.92 Å². The first-order chi connectivity index (χ1) is 7.66. The highest BCUT2D eigenvalue weighted by atomic mass is 16.5. The van der Waals surface area contributed by atoms with Gasteiger partial charge in [-0.15, -0.1) is 0 Å². The van der Waals surface area contributed by atoms with Gasteiger partial charge in [0, 0.05) is 13.1 Å². The van der Waals surface area contributed by atoms with Crippen molar-refractivity contribution in [1.29, 1.82) is 0 Å². The standard InChI is InChI=1S/C11H15N3O2/c1-7(2)15-11-9(5-4-6-12-11)10-13-8(3)16-14-10/h4-7,9,11H,1-3H3. The van der Waals surface area contributed by atoms with E-state index in [1.807, 2.05) is 26.0 Å². The normalized spacial score (nSPS) is 24.2. The second-order valence-corrected chi connectivity index (χ2v) is 3.96. The molecule has 0 bridgehead atoms. The number of hydrogen-bond donors (Lipinski definition) is 0. The number of aromatic nitrogens is 2. The van der Waals surface area contributed by atoms with E-state index in [1.54, 1.807) is 13.1 Å². The second kappa shape index (κ2) is 4.57. The van der Waals surface area contributed by atoms with Crippen LogP contribution in [0.15, 0.2) is 21.7 Å². The summed E-state index contributed by atoms with van der Waals surface area (Å²) in [4.78, 5) is 8.49. The summed E-state index contributed by atoms with van der Waals surface area (Å²) in [6, 6.07) is 0. The van der Waals surface area contributed by atoms with Gasteiger partial charge in [-0.25, -0.2) is 0 Å². The summed E-state index contributed by atoms with van der Waals surface area (Å²) in [5.41, 5.74) is 0. The lowest BCUT2D eigenvalue weighted by molar-refractivity contribution is 0.00361. The van der Waals surface area contributed by atoms with Crippen molar-refractivity contribution in [3.63, 3.8) is 0 Å². The van der Waals surface area contributed by atoms with Crippen molar-refractivity contribution in [2.24, 2.45) is 4.99 Å². The Hall–Kier alpha value is -1.49. The Labute approximate surface area is 94.2 Å². The molecule has 2 rings (SSSR count). The SMILES string of the molecule is Cc1nc(C2C=CC=NC2OC(C)C)no1. The average molecular weight is 221 g/mol. The van der Waals surface area contributed by atoms with E-state index in [0.29, 0.717) is 11.7 Å². The molecule has 2 atom stereocenters. The molecule has 5 nitrogen and oxygen atoms in total. The molecular formula is C11H15N3O2. The van der Waals surface area contributed by atoms with Crippen LogP contribution in [0.2, 0.25) is 0 Å². The van der Waals surface area contributed by atoms with Gasteiger partial charge in [0.25, 0.3) is 0 Å². The molecule has 0 aliphatic carbocycles. The number of rotatable bonds is 3. The minimum atomic E-state index is -0.262.